The van der Waals surface area contributed by atoms with Gasteiger partial charge >= 0.3 is 6.03 Å². The lowest BCUT2D eigenvalue weighted by Crippen LogP contribution is -2.42. The van der Waals surface area contributed by atoms with Gasteiger partial charge in [-0.15, -0.1) is 6.58 Å². The Morgan fingerprint density at radius 2 is 2.15 bits per heavy atom. The highest BCUT2D eigenvalue weighted by Gasteiger charge is 2.32. The Hall–Kier alpha value is -1.77. The van der Waals surface area contributed by atoms with Gasteiger partial charge in [0.25, 0.3) is 0 Å². The van der Waals surface area contributed by atoms with E-state index in [-0.39, 0.29) is 12.1 Å². The highest BCUT2D eigenvalue weighted by molar-refractivity contribution is 5.76. The van der Waals surface area contributed by atoms with E-state index >= 15 is 0 Å². The Morgan fingerprint density at radius 1 is 1.40 bits per heavy atom. The van der Waals surface area contributed by atoms with Crippen molar-refractivity contribution in [1.82, 2.24) is 10.6 Å². The minimum atomic E-state index is -0.125. The molecule has 0 aromatic heterocycles. The number of carbonyl (C=O) groups is 1. The van der Waals surface area contributed by atoms with Gasteiger partial charge in [-0.2, -0.15) is 0 Å². The molecule has 3 atom stereocenters. The highest BCUT2D eigenvalue weighted by atomic mass is 16.2. The van der Waals surface area contributed by atoms with Crippen molar-refractivity contribution in [3.8, 4) is 0 Å². The third-order valence-corrected chi connectivity index (χ3v) is 3.95. The molecule has 0 radical (unpaired) electrons. The molecule has 0 spiro atoms. The van der Waals surface area contributed by atoms with Crippen molar-refractivity contribution >= 4 is 6.03 Å². The van der Waals surface area contributed by atoms with Gasteiger partial charge in [-0.25, -0.2) is 4.79 Å². The molecule has 3 unspecified atom stereocenters. The fraction of sp³-hybridized carbons (Fsp3) is 0.471. The summed E-state index contributed by atoms with van der Waals surface area (Å²) < 4.78 is 0. The molecular formula is C17H24N2O. The van der Waals surface area contributed by atoms with Crippen molar-refractivity contribution in [1.29, 1.82) is 0 Å². The predicted molar refractivity (Wildman–Crippen MR) is 83.1 cm³/mol. The van der Waals surface area contributed by atoms with Crippen LogP contribution in [0.4, 0.5) is 4.79 Å². The van der Waals surface area contributed by atoms with E-state index in [0.29, 0.717) is 11.8 Å². The summed E-state index contributed by atoms with van der Waals surface area (Å²) in [5.74, 6) is 1.14. The van der Waals surface area contributed by atoms with Crippen LogP contribution in [0.3, 0.4) is 0 Å². The first-order chi connectivity index (χ1) is 9.49. The minimum Gasteiger partial charge on any atom is -0.331 e. The quantitative estimate of drug-likeness (QED) is 0.753. The van der Waals surface area contributed by atoms with Crippen LogP contribution in [-0.4, -0.2) is 12.1 Å². The Morgan fingerprint density at radius 3 is 2.75 bits per heavy atom. The number of allylic oxidation sites excluding steroid dienone is 5. The van der Waals surface area contributed by atoms with E-state index in [1.54, 1.807) is 0 Å². The molecule has 0 aromatic rings. The van der Waals surface area contributed by atoms with E-state index in [1.807, 2.05) is 13.0 Å². The van der Waals surface area contributed by atoms with Gasteiger partial charge in [0.2, 0.25) is 0 Å². The lowest BCUT2D eigenvalue weighted by atomic mass is 9.96. The molecular weight excluding hydrogens is 248 g/mol. The lowest BCUT2D eigenvalue weighted by molar-refractivity contribution is 0.241. The van der Waals surface area contributed by atoms with Gasteiger partial charge in [-0.1, -0.05) is 35.5 Å². The number of amides is 2. The minimum absolute atomic E-state index is 0.105. The Kier molecular flexibility index (Phi) is 4.48. The molecule has 20 heavy (non-hydrogen) atoms. The number of nitrogens with one attached hydrogen (secondary N) is 2. The molecule has 2 aliphatic rings. The average Bonchev–Trinajstić information content (AvgIpc) is 3.10. The number of carbonyl (C=O) groups excluding carboxylic acids is 1. The van der Waals surface area contributed by atoms with E-state index in [9.17, 15) is 4.79 Å². The van der Waals surface area contributed by atoms with Crippen molar-refractivity contribution in [2.24, 2.45) is 11.8 Å². The SMILES string of the molecule is C=CC1CC1/C=C(\C)NC(=O)NC1CC=C(C)C=C1C. The van der Waals surface area contributed by atoms with Gasteiger partial charge in [0.05, 0.1) is 6.04 Å². The standard InChI is InChI=1S/C17H24N2O/c1-5-14-10-15(14)9-13(4)18-17(20)19-16-7-6-11(2)8-12(16)3/h5-6,8-9,14-16H,1,7,10H2,2-4H3,(H2,18,19,20)/b13-9+. The van der Waals surface area contributed by atoms with Crippen LogP contribution >= 0.6 is 0 Å². The maximum Gasteiger partial charge on any atom is 0.319 e. The van der Waals surface area contributed by atoms with Gasteiger partial charge in [-0.3, -0.25) is 0 Å². The van der Waals surface area contributed by atoms with Crippen LogP contribution in [0.1, 0.15) is 33.6 Å². The zero-order valence-electron chi connectivity index (χ0n) is 12.6. The fourth-order valence-corrected chi connectivity index (χ4v) is 2.62. The molecule has 2 aliphatic carbocycles. The molecule has 1 fully saturated rings. The van der Waals surface area contributed by atoms with Crippen molar-refractivity contribution in [2.75, 3.05) is 0 Å². The molecule has 2 rings (SSSR count). The highest BCUT2D eigenvalue weighted by Crippen LogP contribution is 2.40. The molecule has 1 saturated carbocycles. The topological polar surface area (TPSA) is 41.1 Å². The zero-order chi connectivity index (χ0) is 14.7. The fourth-order valence-electron chi connectivity index (χ4n) is 2.62. The van der Waals surface area contributed by atoms with E-state index in [2.05, 4.69) is 49.3 Å². The van der Waals surface area contributed by atoms with Crippen LogP contribution in [0.25, 0.3) is 0 Å². The van der Waals surface area contributed by atoms with Crippen molar-refractivity contribution < 1.29 is 4.79 Å². The number of hydrogen-bond donors (Lipinski definition) is 2. The van der Waals surface area contributed by atoms with Gasteiger partial charge < -0.3 is 10.6 Å². The lowest BCUT2D eigenvalue weighted by Gasteiger charge is -2.22. The summed E-state index contributed by atoms with van der Waals surface area (Å²) in [4.78, 5) is 12.0. The Balaban J connectivity index is 1.81. The average molecular weight is 272 g/mol. The van der Waals surface area contributed by atoms with Crippen LogP contribution in [-0.2, 0) is 0 Å². The van der Waals surface area contributed by atoms with Crippen LogP contribution in [0, 0.1) is 11.8 Å². The monoisotopic (exact) mass is 272 g/mol. The molecule has 108 valence electrons. The second-order valence-corrected chi connectivity index (χ2v) is 5.87. The second kappa shape index (κ2) is 6.12. The van der Waals surface area contributed by atoms with Crippen molar-refractivity contribution in [3.63, 3.8) is 0 Å². The van der Waals surface area contributed by atoms with E-state index in [1.165, 1.54) is 11.1 Å². The van der Waals surface area contributed by atoms with Crippen LogP contribution in [0.5, 0.6) is 0 Å². The molecule has 0 bridgehead atoms. The molecule has 0 aliphatic heterocycles. The summed E-state index contributed by atoms with van der Waals surface area (Å²) in [6, 6.07) is -0.0198. The Bertz CT molecular complexity index is 499. The molecule has 3 nitrogen and oxygen atoms in total. The molecule has 0 heterocycles. The third kappa shape index (κ3) is 3.86. The summed E-state index contributed by atoms with van der Waals surface area (Å²) in [5.41, 5.74) is 3.39. The molecule has 0 saturated heterocycles. The third-order valence-electron chi connectivity index (χ3n) is 3.95. The van der Waals surface area contributed by atoms with E-state index < -0.39 is 0 Å². The number of rotatable bonds is 4. The summed E-state index contributed by atoms with van der Waals surface area (Å²) in [5, 5.41) is 5.92. The molecule has 3 heteroatoms. The first-order valence-corrected chi connectivity index (χ1v) is 7.23. The zero-order valence-corrected chi connectivity index (χ0v) is 12.6. The maximum atomic E-state index is 12.0. The van der Waals surface area contributed by atoms with Crippen LogP contribution in [0.2, 0.25) is 0 Å². The van der Waals surface area contributed by atoms with E-state index in [0.717, 1.165) is 18.5 Å². The predicted octanol–water partition coefficient (Wildman–Crippen LogP) is 3.68. The van der Waals surface area contributed by atoms with Crippen LogP contribution in [0.15, 0.2) is 47.7 Å². The summed E-state index contributed by atoms with van der Waals surface area (Å²) in [7, 11) is 0. The first kappa shape index (κ1) is 14.6. The van der Waals surface area contributed by atoms with E-state index in [4.69, 9.17) is 0 Å². The van der Waals surface area contributed by atoms with Gasteiger partial charge in [-0.05, 0) is 45.4 Å². The molecule has 2 N–H and O–H groups in total. The van der Waals surface area contributed by atoms with Crippen LogP contribution < -0.4 is 10.6 Å². The van der Waals surface area contributed by atoms with Crippen molar-refractivity contribution in [2.45, 2.75) is 39.7 Å². The van der Waals surface area contributed by atoms with Gasteiger partial charge in [0.15, 0.2) is 0 Å². The first-order valence-electron chi connectivity index (χ1n) is 7.23. The maximum absolute atomic E-state index is 12.0. The van der Waals surface area contributed by atoms with Gasteiger partial charge in [0.1, 0.15) is 0 Å². The molecule has 0 aromatic carbocycles. The summed E-state index contributed by atoms with van der Waals surface area (Å²) in [6.07, 6.45) is 10.4. The summed E-state index contributed by atoms with van der Waals surface area (Å²) in [6.45, 7) is 9.87. The largest absolute Gasteiger partial charge is 0.331 e. The Labute approximate surface area is 121 Å². The molecule has 2 amide bonds. The number of urea groups is 1. The van der Waals surface area contributed by atoms with Gasteiger partial charge in [0, 0.05) is 5.70 Å². The number of hydrogen-bond acceptors (Lipinski definition) is 1. The normalized spacial score (nSPS) is 29.1. The smallest absolute Gasteiger partial charge is 0.319 e. The summed E-state index contributed by atoms with van der Waals surface area (Å²) >= 11 is 0. The second-order valence-electron chi connectivity index (χ2n) is 5.87. The van der Waals surface area contributed by atoms with Crippen molar-refractivity contribution in [3.05, 3.63) is 47.7 Å².